The normalized spacial score (nSPS) is 16.3. The van der Waals surface area contributed by atoms with Gasteiger partial charge in [-0.2, -0.15) is 0 Å². The van der Waals surface area contributed by atoms with E-state index in [1.54, 1.807) is 0 Å². The van der Waals surface area contributed by atoms with Crippen LogP contribution in [0.4, 0.5) is 5.69 Å². The maximum atomic E-state index is 11.0. The topological polar surface area (TPSA) is 41.6 Å². The van der Waals surface area contributed by atoms with Crippen molar-refractivity contribution in [3.8, 4) is 0 Å². The number of hydrogen-bond acceptors (Lipinski definition) is 4. The average Bonchev–Trinajstić information content (AvgIpc) is 2.43. The highest BCUT2D eigenvalue weighted by Crippen LogP contribution is 2.24. The number of carbonyl (C=O) groups excluding carboxylic acids is 1. The Morgan fingerprint density at radius 2 is 2.16 bits per heavy atom. The van der Waals surface area contributed by atoms with E-state index >= 15 is 0 Å². The van der Waals surface area contributed by atoms with Crippen molar-refractivity contribution in [3.63, 3.8) is 0 Å². The molecule has 0 unspecified atom stereocenters. The quantitative estimate of drug-likeness (QED) is 0.843. The van der Waals surface area contributed by atoms with E-state index in [1.807, 2.05) is 19.1 Å². The minimum Gasteiger partial charge on any atom is -0.384 e. The van der Waals surface area contributed by atoms with Crippen molar-refractivity contribution >= 4 is 27.9 Å². The first-order valence-electron chi connectivity index (χ1n) is 6.50. The number of aldehydes is 1. The summed E-state index contributed by atoms with van der Waals surface area (Å²) in [6, 6.07) is 3.91. The van der Waals surface area contributed by atoms with Crippen LogP contribution in [0.1, 0.15) is 15.9 Å². The standard InChI is InChI=1S/C14H19BrN2O2/c1-11-12(10-18)8-13(9-14(11)15)16-2-3-17-4-6-19-7-5-17/h8-10,16H,2-7H2,1H3. The van der Waals surface area contributed by atoms with Crippen molar-refractivity contribution in [2.75, 3.05) is 44.7 Å². The first-order chi connectivity index (χ1) is 9.20. The lowest BCUT2D eigenvalue weighted by Crippen LogP contribution is -2.39. The van der Waals surface area contributed by atoms with Crippen LogP contribution in [0.5, 0.6) is 0 Å². The molecule has 5 heteroatoms. The molecule has 2 rings (SSSR count). The number of hydrogen-bond donors (Lipinski definition) is 1. The fourth-order valence-electron chi connectivity index (χ4n) is 2.11. The van der Waals surface area contributed by atoms with E-state index in [4.69, 9.17) is 4.74 Å². The van der Waals surface area contributed by atoms with Gasteiger partial charge in [-0.25, -0.2) is 0 Å². The minimum absolute atomic E-state index is 0.725. The van der Waals surface area contributed by atoms with Gasteiger partial charge in [0.1, 0.15) is 6.29 Å². The highest BCUT2D eigenvalue weighted by atomic mass is 79.9. The van der Waals surface area contributed by atoms with Gasteiger partial charge in [0.05, 0.1) is 13.2 Å². The second-order valence-electron chi connectivity index (χ2n) is 4.67. The third-order valence-electron chi connectivity index (χ3n) is 3.37. The molecule has 1 aromatic carbocycles. The molecule has 1 aliphatic heterocycles. The monoisotopic (exact) mass is 326 g/mol. The third kappa shape index (κ3) is 4.03. The molecule has 1 aromatic rings. The first kappa shape index (κ1) is 14.5. The van der Waals surface area contributed by atoms with Gasteiger partial charge in [-0.15, -0.1) is 0 Å². The fraction of sp³-hybridized carbons (Fsp3) is 0.500. The number of nitrogens with one attached hydrogen (secondary N) is 1. The summed E-state index contributed by atoms with van der Waals surface area (Å²) in [5.41, 5.74) is 2.69. The van der Waals surface area contributed by atoms with E-state index in [0.717, 1.165) is 67.0 Å². The molecule has 0 spiro atoms. The van der Waals surface area contributed by atoms with Gasteiger partial charge in [0.25, 0.3) is 0 Å². The molecular weight excluding hydrogens is 308 g/mol. The Labute approximate surface area is 122 Å². The van der Waals surface area contributed by atoms with Crippen LogP contribution in [-0.4, -0.2) is 50.6 Å². The number of anilines is 1. The number of nitrogens with zero attached hydrogens (tertiary/aromatic N) is 1. The lowest BCUT2D eigenvalue weighted by Gasteiger charge is -2.26. The third-order valence-corrected chi connectivity index (χ3v) is 4.20. The zero-order valence-electron chi connectivity index (χ0n) is 11.1. The molecule has 19 heavy (non-hydrogen) atoms. The smallest absolute Gasteiger partial charge is 0.150 e. The molecule has 0 aromatic heterocycles. The van der Waals surface area contributed by atoms with Gasteiger partial charge in [0, 0.05) is 41.9 Å². The van der Waals surface area contributed by atoms with Crippen molar-refractivity contribution in [1.29, 1.82) is 0 Å². The molecule has 0 radical (unpaired) electrons. The van der Waals surface area contributed by atoms with Crippen LogP contribution in [0.3, 0.4) is 0 Å². The number of ether oxygens (including phenoxy) is 1. The maximum Gasteiger partial charge on any atom is 0.150 e. The molecule has 1 heterocycles. The Kier molecular flexibility index (Phi) is 5.36. The van der Waals surface area contributed by atoms with Crippen LogP contribution in [-0.2, 0) is 4.74 Å². The van der Waals surface area contributed by atoms with Crippen LogP contribution in [0.2, 0.25) is 0 Å². The maximum absolute atomic E-state index is 11.0. The van der Waals surface area contributed by atoms with Crippen molar-refractivity contribution in [2.24, 2.45) is 0 Å². The van der Waals surface area contributed by atoms with Gasteiger partial charge in [0.2, 0.25) is 0 Å². The lowest BCUT2D eigenvalue weighted by molar-refractivity contribution is 0.0398. The summed E-state index contributed by atoms with van der Waals surface area (Å²) in [6.45, 7) is 7.44. The van der Waals surface area contributed by atoms with E-state index in [1.165, 1.54) is 0 Å². The highest BCUT2D eigenvalue weighted by molar-refractivity contribution is 9.10. The molecule has 1 aliphatic rings. The molecule has 4 nitrogen and oxygen atoms in total. The van der Waals surface area contributed by atoms with Gasteiger partial charge in [0.15, 0.2) is 0 Å². The molecule has 0 amide bonds. The number of benzene rings is 1. The molecule has 0 atom stereocenters. The highest BCUT2D eigenvalue weighted by Gasteiger charge is 2.09. The summed E-state index contributed by atoms with van der Waals surface area (Å²) in [7, 11) is 0. The first-order valence-corrected chi connectivity index (χ1v) is 7.29. The average molecular weight is 327 g/mol. The summed E-state index contributed by atoms with van der Waals surface area (Å²) < 4.78 is 6.28. The van der Waals surface area contributed by atoms with Gasteiger partial charge in [-0.1, -0.05) is 15.9 Å². The van der Waals surface area contributed by atoms with Gasteiger partial charge in [-0.3, -0.25) is 9.69 Å². The van der Waals surface area contributed by atoms with Crippen LogP contribution >= 0.6 is 15.9 Å². The van der Waals surface area contributed by atoms with E-state index in [-0.39, 0.29) is 0 Å². The Morgan fingerprint density at radius 1 is 1.42 bits per heavy atom. The Hall–Kier alpha value is -0.910. The molecule has 0 aliphatic carbocycles. The van der Waals surface area contributed by atoms with E-state index < -0.39 is 0 Å². The van der Waals surface area contributed by atoms with Crippen LogP contribution < -0.4 is 5.32 Å². The van der Waals surface area contributed by atoms with Gasteiger partial charge in [-0.05, 0) is 24.6 Å². The molecular formula is C14H19BrN2O2. The zero-order valence-corrected chi connectivity index (χ0v) is 12.7. The lowest BCUT2D eigenvalue weighted by atomic mass is 10.1. The molecule has 1 fully saturated rings. The van der Waals surface area contributed by atoms with Crippen LogP contribution in [0, 0.1) is 6.92 Å². The number of morpholine rings is 1. The van der Waals surface area contributed by atoms with Crippen molar-refractivity contribution in [2.45, 2.75) is 6.92 Å². The Bertz CT molecular complexity index is 445. The van der Waals surface area contributed by atoms with Crippen molar-refractivity contribution in [1.82, 2.24) is 4.90 Å². The Morgan fingerprint density at radius 3 is 2.84 bits per heavy atom. The number of carbonyl (C=O) groups is 1. The summed E-state index contributed by atoms with van der Waals surface area (Å²) in [5, 5.41) is 3.36. The van der Waals surface area contributed by atoms with Crippen LogP contribution in [0.25, 0.3) is 0 Å². The molecule has 104 valence electrons. The SMILES string of the molecule is Cc1c(Br)cc(NCCN2CCOCC2)cc1C=O. The van der Waals surface area contributed by atoms with E-state index in [9.17, 15) is 4.79 Å². The summed E-state index contributed by atoms with van der Waals surface area (Å²) in [5.74, 6) is 0. The van der Waals surface area contributed by atoms with Crippen molar-refractivity contribution < 1.29 is 9.53 Å². The predicted octanol–water partition coefficient (Wildman–Crippen LogP) is 2.31. The number of halogens is 1. The molecule has 0 bridgehead atoms. The summed E-state index contributed by atoms with van der Waals surface area (Å²) in [4.78, 5) is 13.4. The second-order valence-corrected chi connectivity index (χ2v) is 5.53. The minimum atomic E-state index is 0.725. The van der Waals surface area contributed by atoms with Gasteiger partial charge < -0.3 is 10.1 Å². The predicted molar refractivity (Wildman–Crippen MR) is 80.0 cm³/mol. The number of rotatable bonds is 5. The Balaban J connectivity index is 1.88. The summed E-state index contributed by atoms with van der Waals surface area (Å²) in [6.07, 6.45) is 0.896. The van der Waals surface area contributed by atoms with Gasteiger partial charge >= 0.3 is 0 Å². The zero-order chi connectivity index (χ0) is 13.7. The van der Waals surface area contributed by atoms with E-state index in [2.05, 4.69) is 26.1 Å². The molecule has 1 N–H and O–H groups in total. The van der Waals surface area contributed by atoms with Crippen LogP contribution in [0.15, 0.2) is 16.6 Å². The molecule has 1 saturated heterocycles. The fourth-order valence-corrected chi connectivity index (χ4v) is 2.58. The second kappa shape index (κ2) is 7.03. The van der Waals surface area contributed by atoms with E-state index in [0.29, 0.717) is 0 Å². The van der Waals surface area contributed by atoms with Crippen molar-refractivity contribution in [3.05, 3.63) is 27.7 Å². The molecule has 0 saturated carbocycles. The largest absolute Gasteiger partial charge is 0.384 e. The summed E-state index contributed by atoms with van der Waals surface area (Å²) >= 11 is 3.48.